The van der Waals surface area contributed by atoms with Crippen molar-refractivity contribution in [3.8, 4) is 5.88 Å². The zero-order chi connectivity index (χ0) is 13.9. The Hall–Kier alpha value is -1.16. The van der Waals surface area contributed by atoms with E-state index in [2.05, 4.69) is 23.8 Å². The summed E-state index contributed by atoms with van der Waals surface area (Å²) in [6.07, 6.45) is 6.83. The summed E-state index contributed by atoms with van der Waals surface area (Å²) in [7, 11) is 1.69. The van der Waals surface area contributed by atoms with Gasteiger partial charge < -0.3 is 10.5 Å². The van der Waals surface area contributed by atoms with E-state index >= 15 is 0 Å². The lowest BCUT2D eigenvalue weighted by atomic mass is 9.69. The van der Waals surface area contributed by atoms with Gasteiger partial charge in [-0.1, -0.05) is 26.2 Å². The molecule has 0 aromatic carbocycles. The number of methoxy groups -OCH3 is 1. The van der Waals surface area contributed by atoms with Crippen molar-refractivity contribution in [2.45, 2.75) is 57.8 Å². The van der Waals surface area contributed by atoms with Gasteiger partial charge in [-0.25, -0.2) is 4.98 Å². The van der Waals surface area contributed by atoms with Gasteiger partial charge in [-0.2, -0.15) is 4.98 Å². The van der Waals surface area contributed by atoms with Crippen molar-refractivity contribution in [2.75, 3.05) is 13.7 Å². The Morgan fingerprint density at radius 1 is 1.21 bits per heavy atom. The maximum Gasteiger partial charge on any atom is 0.220 e. The van der Waals surface area contributed by atoms with Crippen LogP contribution in [0.5, 0.6) is 5.88 Å². The molecule has 0 radical (unpaired) electrons. The van der Waals surface area contributed by atoms with E-state index in [0.717, 1.165) is 42.2 Å². The average Bonchev–Trinajstić information content (AvgIpc) is 2.46. The number of rotatable bonds is 4. The third-order valence-corrected chi connectivity index (χ3v) is 4.34. The zero-order valence-corrected chi connectivity index (χ0v) is 12.3. The van der Waals surface area contributed by atoms with E-state index < -0.39 is 0 Å². The Labute approximate surface area is 115 Å². The van der Waals surface area contributed by atoms with Gasteiger partial charge in [0, 0.05) is 29.6 Å². The van der Waals surface area contributed by atoms with Crippen LogP contribution in [-0.4, -0.2) is 23.6 Å². The third-order valence-electron chi connectivity index (χ3n) is 4.34. The molecule has 19 heavy (non-hydrogen) atoms. The van der Waals surface area contributed by atoms with E-state index in [-0.39, 0.29) is 5.41 Å². The minimum absolute atomic E-state index is 0.0138. The van der Waals surface area contributed by atoms with Gasteiger partial charge in [-0.15, -0.1) is 0 Å². The molecule has 0 saturated heterocycles. The smallest absolute Gasteiger partial charge is 0.220 e. The molecule has 4 nitrogen and oxygen atoms in total. The predicted molar refractivity (Wildman–Crippen MR) is 76.5 cm³/mol. The molecule has 4 heteroatoms. The van der Waals surface area contributed by atoms with Crippen molar-refractivity contribution in [3.63, 3.8) is 0 Å². The summed E-state index contributed by atoms with van der Waals surface area (Å²) in [5.41, 5.74) is 8.32. The first kappa shape index (κ1) is 14.3. The number of aromatic nitrogens is 2. The van der Waals surface area contributed by atoms with Gasteiger partial charge in [0.2, 0.25) is 5.88 Å². The predicted octanol–water partition coefficient (Wildman–Crippen LogP) is 2.52. The molecule has 106 valence electrons. The van der Waals surface area contributed by atoms with Crippen LogP contribution in [0.4, 0.5) is 0 Å². The fourth-order valence-electron chi connectivity index (χ4n) is 3.30. The second-order valence-electron chi connectivity index (χ2n) is 5.51. The lowest BCUT2D eigenvalue weighted by Crippen LogP contribution is -2.38. The number of nitrogens with two attached hydrogens (primary N) is 1. The molecule has 1 aliphatic carbocycles. The molecule has 2 rings (SSSR count). The second-order valence-corrected chi connectivity index (χ2v) is 5.51. The maximum atomic E-state index is 6.12. The van der Waals surface area contributed by atoms with E-state index in [1.807, 2.05) is 0 Å². The van der Waals surface area contributed by atoms with Crippen LogP contribution < -0.4 is 10.5 Å². The number of hydrogen-bond acceptors (Lipinski definition) is 4. The molecule has 0 unspecified atom stereocenters. The molecule has 0 spiro atoms. The van der Waals surface area contributed by atoms with E-state index in [4.69, 9.17) is 10.5 Å². The van der Waals surface area contributed by atoms with Crippen molar-refractivity contribution in [3.05, 3.63) is 17.1 Å². The highest BCUT2D eigenvalue weighted by Gasteiger charge is 2.37. The van der Waals surface area contributed by atoms with E-state index in [1.54, 1.807) is 7.11 Å². The summed E-state index contributed by atoms with van der Waals surface area (Å²) < 4.78 is 5.54. The van der Waals surface area contributed by atoms with Gasteiger partial charge in [-0.05, 0) is 19.8 Å². The summed E-state index contributed by atoms with van der Waals surface area (Å²) in [6.45, 7) is 4.77. The zero-order valence-electron chi connectivity index (χ0n) is 12.3. The fraction of sp³-hybridized carbons (Fsp3) is 0.733. The van der Waals surface area contributed by atoms with E-state index in [9.17, 15) is 0 Å². The van der Waals surface area contributed by atoms with Crippen LogP contribution in [0.25, 0.3) is 0 Å². The van der Waals surface area contributed by atoms with Crippen molar-refractivity contribution >= 4 is 0 Å². The molecule has 0 bridgehead atoms. The normalized spacial score (nSPS) is 18.3. The molecule has 1 fully saturated rings. The van der Waals surface area contributed by atoms with Gasteiger partial charge in [0.15, 0.2) is 0 Å². The van der Waals surface area contributed by atoms with Crippen LogP contribution in [0.15, 0.2) is 0 Å². The lowest BCUT2D eigenvalue weighted by molar-refractivity contribution is 0.281. The largest absolute Gasteiger partial charge is 0.481 e. The van der Waals surface area contributed by atoms with Crippen LogP contribution >= 0.6 is 0 Å². The second kappa shape index (κ2) is 5.87. The van der Waals surface area contributed by atoms with Crippen molar-refractivity contribution in [1.29, 1.82) is 0 Å². The van der Waals surface area contributed by atoms with Gasteiger partial charge in [0.25, 0.3) is 0 Å². The molecule has 0 atom stereocenters. The number of nitrogens with zero attached hydrogens (tertiary/aromatic N) is 2. The number of aryl methyl sites for hydroxylation is 2. The lowest BCUT2D eigenvalue weighted by Gasteiger charge is -2.37. The SMILES string of the molecule is CCc1nc(C)c(C2(CN)CCCCC2)c(OC)n1. The first-order chi connectivity index (χ1) is 9.16. The van der Waals surface area contributed by atoms with Gasteiger partial charge >= 0.3 is 0 Å². The molecular formula is C15H25N3O. The first-order valence-electron chi connectivity index (χ1n) is 7.29. The highest BCUT2D eigenvalue weighted by Crippen LogP contribution is 2.43. The molecular weight excluding hydrogens is 238 g/mol. The quantitative estimate of drug-likeness (QED) is 0.906. The molecule has 1 aliphatic rings. The monoisotopic (exact) mass is 263 g/mol. The first-order valence-corrected chi connectivity index (χ1v) is 7.29. The molecule has 1 aromatic heterocycles. The number of ether oxygens (including phenoxy) is 1. The third kappa shape index (κ3) is 2.59. The Morgan fingerprint density at radius 3 is 2.42 bits per heavy atom. The maximum absolute atomic E-state index is 6.12. The average molecular weight is 263 g/mol. The molecule has 0 aliphatic heterocycles. The van der Waals surface area contributed by atoms with E-state index in [0.29, 0.717) is 6.54 Å². The Bertz CT molecular complexity index is 439. The van der Waals surface area contributed by atoms with Crippen LogP contribution in [0.2, 0.25) is 0 Å². The standard InChI is InChI=1S/C15H25N3O/c1-4-12-17-11(2)13(14(18-12)19-3)15(10-16)8-6-5-7-9-15/h4-10,16H2,1-3H3. The van der Waals surface area contributed by atoms with Crippen molar-refractivity contribution in [2.24, 2.45) is 5.73 Å². The summed E-state index contributed by atoms with van der Waals surface area (Å²) in [4.78, 5) is 9.17. The summed E-state index contributed by atoms with van der Waals surface area (Å²) in [5.74, 6) is 1.58. The highest BCUT2D eigenvalue weighted by molar-refractivity contribution is 5.39. The molecule has 1 saturated carbocycles. The fourth-order valence-corrected chi connectivity index (χ4v) is 3.30. The molecule has 2 N–H and O–H groups in total. The van der Waals surface area contributed by atoms with Crippen LogP contribution in [-0.2, 0) is 11.8 Å². The van der Waals surface area contributed by atoms with Crippen LogP contribution in [0.1, 0.15) is 56.1 Å². The molecule has 0 amide bonds. The van der Waals surface area contributed by atoms with Crippen LogP contribution in [0.3, 0.4) is 0 Å². The number of hydrogen-bond donors (Lipinski definition) is 1. The summed E-state index contributed by atoms with van der Waals surface area (Å²) in [5, 5.41) is 0. The van der Waals surface area contributed by atoms with Gasteiger partial charge in [-0.3, -0.25) is 0 Å². The highest BCUT2D eigenvalue weighted by atomic mass is 16.5. The minimum atomic E-state index is 0.0138. The Morgan fingerprint density at radius 2 is 1.89 bits per heavy atom. The van der Waals surface area contributed by atoms with Gasteiger partial charge in [0.05, 0.1) is 7.11 Å². The Balaban J connectivity index is 2.52. The summed E-state index contributed by atoms with van der Waals surface area (Å²) >= 11 is 0. The van der Waals surface area contributed by atoms with Crippen LogP contribution in [0, 0.1) is 6.92 Å². The van der Waals surface area contributed by atoms with E-state index in [1.165, 1.54) is 19.3 Å². The summed E-state index contributed by atoms with van der Waals surface area (Å²) in [6, 6.07) is 0. The van der Waals surface area contributed by atoms with Gasteiger partial charge in [0.1, 0.15) is 5.82 Å². The molecule has 1 heterocycles. The minimum Gasteiger partial charge on any atom is -0.481 e. The van der Waals surface area contributed by atoms with Crippen molar-refractivity contribution < 1.29 is 4.74 Å². The Kier molecular flexibility index (Phi) is 4.40. The molecule has 1 aromatic rings. The van der Waals surface area contributed by atoms with Crippen molar-refractivity contribution in [1.82, 2.24) is 9.97 Å². The topological polar surface area (TPSA) is 61.0 Å².